The van der Waals surface area contributed by atoms with Crippen molar-refractivity contribution in [2.45, 2.75) is 32.1 Å². The van der Waals surface area contributed by atoms with Gasteiger partial charge in [-0.05, 0) is 12.8 Å². The molecule has 0 aromatic rings. The fourth-order valence-electron chi connectivity index (χ4n) is 0.632. The Hall–Kier alpha value is -0.0626. The first-order valence-corrected chi connectivity index (χ1v) is 3.29. The number of carbonyl (C=O) groups is 2. The van der Waals surface area contributed by atoms with Crippen LogP contribution in [0.4, 0.5) is 0 Å². The third-order valence-electron chi connectivity index (χ3n) is 1.14. The maximum atomic E-state index is 9.77. The molecule has 0 spiro atoms. The molecule has 0 saturated carbocycles. The first-order valence-electron chi connectivity index (χ1n) is 3.29. The van der Waals surface area contributed by atoms with Crippen LogP contribution in [0.1, 0.15) is 32.1 Å². The molecule has 0 aromatic carbocycles. The van der Waals surface area contributed by atoms with Crippen molar-refractivity contribution in [3.63, 3.8) is 0 Å². The van der Waals surface area contributed by atoms with Gasteiger partial charge in [-0.1, -0.05) is 6.42 Å². The fraction of sp³-hybridized carbons (Fsp3) is 0.714. The SMILES string of the molecule is O=CCCCCCC=O.[LiH]. The van der Waals surface area contributed by atoms with Crippen LogP contribution in [0.3, 0.4) is 0 Å². The summed E-state index contributed by atoms with van der Waals surface area (Å²) in [7, 11) is 0. The third-order valence-corrected chi connectivity index (χ3v) is 1.14. The molecule has 2 nitrogen and oxygen atoms in total. The molecule has 10 heavy (non-hydrogen) atoms. The van der Waals surface area contributed by atoms with Gasteiger partial charge in [-0.15, -0.1) is 0 Å². The van der Waals surface area contributed by atoms with Gasteiger partial charge in [-0.3, -0.25) is 0 Å². The minimum absolute atomic E-state index is 0. The minimum atomic E-state index is 0. The van der Waals surface area contributed by atoms with Gasteiger partial charge >= 0.3 is 18.9 Å². The van der Waals surface area contributed by atoms with Crippen molar-refractivity contribution in [2.24, 2.45) is 0 Å². The quantitative estimate of drug-likeness (QED) is 0.306. The maximum absolute atomic E-state index is 9.77. The Balaban J connectivity index is 0. The molecule has 0 bridgehead atoms. The van der Waals surface area contributed by atoms with Crippen LogP contribution in [0.5, 0.6) is 0 Å². The Morgan fingerprint density at radius 2 is 1.20 bits per heavy atom. The Morgan fingerprint density at radius 3 is 1.50 bits per heavy atom. The van der Waals surface area contributed by atoms with E-state index in [4.69, 9.17) is 0 Å². The predicted octanol–water partition coefficient (Wildman–Crippen LogP) is 0.686. The molecule has 54 valence electrons. The summed E-state index contributed by atoms with van der Waals surface area (Å²) in [6, 6.07) is 0. The van der Waals surface area contributed by atoms with Crippen LogP contribution in [0, 0.1) is 0 Å². The molecule has 0 aliphatic rings. The summed E-state index contributed by atoms with van der Waals surface area (Å²) in [4.78, 5) is 19.5. The van der Waals surface area contributed by atoms with Crippen LogP contribution in [0.25, 0.3) is 0 Å². The Labute approximate surface area is 73.5 Å². The van der Waals surface area contributed by atoms with Gasteiger partial charge in [0.05, 0.1) is 0 Å². The van der Waals surface area contributed by atoms with Crippen LogP contribution < -0.4 is 0 Å². The molecule has 0 saturated heterocycles. The Bertz CT molecular complexity index is 73.7. The number of hydrogen-bond donors (Lipinski definition) is 0. The Morgan fingerprint density at radius 1 is 0.800 bits per heavy atom. The monoisotopic (exact) mass is 136 g/mol. The van der Waals surface area contributed by atoms with Gasteiger partial charge in [-0.2, -0.15) is 0 Å². The van der Waals surface area contributed by atoms with Crippen LogP contribution in [-0.4, -0.2) is 31.4 Å². The molecule has 0 fully saturated rings. The van der Waals surface area contributed by atoms with Gasteiger partial charge in [0.15, 0.2) is 0 Å². The topological polar surface area (TPSA) is 34.1 Å². The van der Waals surface area contributed by atoms with Crippen molar-refractivity contribution >= 4 is 31.4 Å². The molecule has 0 aromatic heterocycles. The van der Waals surface area contributed by atoms with Crippen LogP contribution in [0.2, 0.25) is 0 Å². The van der Waals surface area contributed by atoms with Crippen LogP contribution in [-0.2, 0) is 9.59 Å². The summed E-state index contributed by atoms with van der Waals surface area (Å²) in [5.41, 5.74) is 0. The molecule has 3 heteroatoms. The van der Waals surface area contributed by atoms with Gasteiger partial charge in [0.2, 0.25) is 0 Å². The van der Waals surface area contributed by atoms with Crippen molar-refractivity contribution in [1.82, 2.24) is 0 Å². The number of hydrogen-bond acceptors (Lipinski definition) is 2. The standard InChI is InChI=1S/C7H12O2.Li.H/c8-6-4-2-1-3-5-7-9;;/h6-7H,1-5H2;;. The van der Waals surface area contributed by atoms with Crippen LogP contribution in [0.15, 0.2) is 0 Å². The zero-order valence-corrected chi connectivity index (χ0v) is 5.51. The number of aldehydes is 2. The predicted molar refractivity (Wildman–Crippen MR) is 42.4 cm³/mol. The summed E-state index contributed by atoms with van der Waals surface area (Å²) in [5, 5.41) is 0. The van der Waals surface area contributed by atoms with Crippen molar-refractivity contribution < 1.29 is 9.59 Å². The van der Waals surface area contributed by atoms with Crippen molar-refractivity contribution in [3.8, 4) is 0 Å². The molecule has 0 N–H and O–H groups in total. The van der Waals surface area contributed by atoms with E-state index in [1.807, 2.05) is 0 Å². The van der Waals surface area contributed by atoms with E-state index in [1.165, 1.54) is 0 Å². The van der Waals surface area contributed by atoms with E-state index < -0.39 is 0 Å². The van der Waals surface area contributed by atoms with Gasteiger partial charge in [0.25, 0.3) is 0 Å². The summed E-state index contributed by atoms with van der Waals surface area (Å²) in [5.74, 6) is 0. The van der Waals surface area contributed by atoms with E-state index in [1.54, 1.807) is 0 Å². The molecule has 0 rings (SSSR count). The second-order valence-corrected chi connectivity index (χ2v) is 1.97. The third kappa shape index (κ3) is 10.8. The zero-order chi connectivity index (χ0) is 6.95. The van der Waals surface area contributed by atoms with Crippen molar-refractivity contribution in [2.75, 3.05) is 0 Å². The molecule has 0 aliphatic carbocycles. The van der Waals surface area contributed by atoms with Gasteiger partial charge in [-0.25, -0.2) is 0 Å². The van der Waals surface area contributed by atoms with E-state index in [2.05, 4.69) is 0 Å². The van der Waals surface area contributed by atoms with E-state index in [0.29, 0.717) is 12.8 Å². The van der Waals surface area contributed by atoms with E-state index >= 15 is 0 Å². The molecular formula is C7H13LiO2. The van der Waals surface area contributed by atoms with Gasteiger partial charge < -0.3 is 9.59 Å². The fourth-order valence-corrected chi connectivity index (χ4v) is 0.632. The molecule has 0 aliphatic heterocycles. The molecule has 0 amide bonds. The molecule has 0 heterocycles. The average molecular weight is 136 g/mol. The number of unbranched alkanes of at least 4 members (excludes halogenated alkanes) is 4. The van der Waals surface area contributed by atoms with Crippen molar-refractivity contribution in [1.29, 1.82) is 0 Å². The molecule has 0 unspecified atom stereocenters. The second-order valence-electron chi connectivity index (χ2n) is 1.97. The average Bonchev–Trinajstić information content (AvgIpc) is 1.89. The molecule has 0 radical (unpaired) electrons. The number of rotatable bonds is 6. The van der Waals surface area contributed by atoms with Gasteiger partial charge in [0, 0.05) is 12.8 Å². The van der Waals surface area contributed by atoms with E-state index in [0.717, 1.165) is 31.8 Å². The summed E-state index contributed by atoms with van der Waals surface area (Å²) in [6.45, 7) is 0. The van der Waals surface area contributed by atoms with E-state index in [-0.39, 0.29) is 18.9 Å². The summed E-state index contributed by atoms with van der Waals surface area (Å²) in [6.07, 6.45) is 5.96. The first kappa shape index (κ1) is 12.6. The first-order chi connectivity index (χ1) is 4.41. The summed E-state index contributed by atoms with van der Waals surface area (Å²) >= 11 is 0. The normalized spacial score (nSPS) is 8.00. The van der Waals surface area contributed by atoms with Crippen LogP contribution >= 0.6 is 0 Å². The Kier molecular flexibility index (Phi) is 14.7. The van der Waals surface area contributed by atoms with Crippen molar-refractivity contribution in [3.05, 3.63) is 0 Å². The second kappa shape index (κ2) is 11.7. The molecular weight excluding hydrogens is 123 g/mol. The zero-order valence-electron chi connectivity index (χ0n) is 5.51. The number of carbonyl (C=O) groups excluding carboxylic acids is 2. The van der Waals surface area contributed by atoms with E-state index in [9.17, 15) is 9.59 Å². The summed E-state index contributed by atoms with van der Waals surface area (Å²) < 4.78 is 0. The molecule has 0 atom stereocenters. The van der Waals surface area contributed by atoms with Gasteiger partial charge in [0.1, 0.15) is 12.6 Å².